The Hall–Kier alpha value is -2.46. The molecule has 0 spiro atoms. The third-order valence-electron chi connectivity index (χ3n) is 4.40. The lowest BCUT2D eigenvalue weighted by atomic mass is 10.1. The highest BCUT2D eigenvalue weighted by molar-refractivity contribution is 7.80. The van der Waals surface area contributed by atoms with Gasteiger partial charge >= 0.3 is 11.9 Å². The SMILES string of the molecule is CCOC(=O)c1sc(NC(=S)NCc2c(C)nn(C)c2C)c(C(=O)OCC)c1C. The van der Waals surface area contributed by atoms with E-state index in [4.69, 9.17) is 21.7 Å². The molecule has 10 heteroatoms. The summed E-state index contributed by atoms with van der Waals surface area (Å²) < 4.78 is 12.1. The van der Waals surface area contributed by atoms with Gasteiger partial charge in [0.25, 0.3) is 0 Å². The van der Waals surface area contributed by atoms with Crippen LogP contribution in [0.5, 0.6) is 0 Å². The standard InChI is InChI=1S/C19H26N4O4S2/c1-7-26-17(24)14-10(3)15(18(25)27-8-2)29-16(14)21-19(28)20-9-13-11(4)22-23(6)12(13)5/h7-9H2,1-6H3,(H2,20,21,28). The van der Waals surface area contributed by atoms with E-state index >= 15 is 0 Å². The second kappa shape index (κ2) is 9.84. The van der Waals surface area contributed by atoms with Crippen molar-refractivity contribution in [3.05, 3.63) is 33.0 Å². The van der Waals surface area contributed by atoms with Crippen LogP contribution in [0.4, 0.5) is 5.00 Å². The lowest BCUT2D eigenvalue weighted by molar-refractivity contribution is 0.0527. The van der Waals surface area contributed by atoms with E-state index in [1.807, 2.05) is 25.6 Å². The number of aryl methyl sites for hydroxylation is 2. The van der Waals surface area contributed by atoms with Crippen molar-refractivity contribution in [1.29, 1.82) is 0 Å². The summed E-state index contributed by atoms with van der Waals surface area (Å²) in [6.07, 6.45) is 0. The molecule has 2 heterocycles. The maximum Gasteiger partial charge on any atom is 0.348 e. The summed E-state index contributed by atoms with van der Waals surface area (Å²) in [5.41, 5.74) is 3.82. The molecule has 0 aliphatic heterocycles. The molecule has 2 rings (SSSR count). The number of ether oxygens (including phenoxy) is 2. The number of carbonyl (C=O) groups excluding carboxylic acids is 2. The number of anilines is 1. The average Bonchev–Trinajstić information content (AvgIpc) is 3.09. The lowest BCUT2D eigenvalue weighted by Crippen LogP contribution is -2.28. The van der Waals surface area contributed by atoms with Crippen molar-refractivity contribution in [1.82, 2.24) is 15.1 Å². The maximum atomic E-state index is 12.5. The van der Waals surface area contributed by atoms with Crippen molar-refractivity contribution in [3.8, 4) is 0 Å². The molecule has 158 valence electrons. The molecule has 0 aliphatic rings. The zero-order valence-corrected chi connectivity index (χ0v) is 19.1. The molecule has 2 N–H and O–H groups in total. The summed E-state index contributed by atoms with van der Waals surface area (Å²) in [6, 6.07) is 0. The van der Waals surface area contributed by atoms with Crippen LogP contribution in [-0.2, 0) is 23.1 Å². The van der Waals surface area contributed by atoms with E-state index in [2.05, 4.69) is 15.7 Å². The molecule has 0 fully saturated rings. The van der Waals surface area contributed by atoms with Crippen molar-refractivity contribution in [3.63, 3.8) is 0 Å². The number of esters is 2. The topological polar surface area (TPSA) is 94.5 Å². The van der Waals surface area contributed by atoms with Crippen LogP contribution in [-0.4, -0.2) is 40.0 Å². The summed E-state index contributed by atoms with van der Waals surface area (Å²) in [4.78, 5) is 25.0. The van der Waals surface area contributed by atoms with Gasteiger partial charge < -0.3 is 20.1 Å². The fraction of sp³-hybridized carbons (Fsp3) is 0.474. The average molecular weight is 439 g/mol. The van der Waals surface area contributed by atoms with E-state index < -0.39 is 11.9 Å². The minimum Gasteiger partial charge on any atom is -0.462 e. The van der Waals surface area contributed by atoms with Crippen molar-refractivity contribution >= 4 is 45.6 Å². The van der Waals surface area contributed by atoms with Gasteiger partial charge in [0.2, 0.25) is 0 Å². The highest BCUT2D eigenvalue weighted by Crippen LogP contribution is 2.34. The molecule has 0 saturated carbocycles. The monoisotopic (exact) mass is 438 g/mol. The van der Waals surface area contributed by atoms with Crippen LogP contribution in [0.1, 0.15) is 56.4 Å². The molecule has 0 atom stereocenters. The Balaban J connectivity index is 2.23. The number of hydrogen-bond acceptors (Lipinski definition) is 7. The van der Waals surface area contributed by atoms with Gasteiger partial charge in [-0.1, -0.05) is 0 Å². The molecule has 0 radical (unpaired) electrons. The number of hydrogen-bond donors (Lipinski definition) is 2. The summed E-state index contributed by atoms with van der Waals surface area (Å²) in [6.45, 7) is 10.0. The van der Waals surface area contributed by atoms with Gasteiger partial charge in [0.1, 0.15) is 9.88 Å². The fourth-order valence-corrected chi connectivity index (χ4v) is 4.16. The van der Waals surface area contributed by atoms with Crippen LogP contribution in [0.15, 0.2) is 0 Å². The van der Waals surface area contributed by atoms with Crippen LogP contribution in [0, 0.1) is 20.8 Å². The van der Waals surface area contributed by atoms with Gasteiger partial charge in [-0.3, -0.25) is 4.68 Å². The molecule has 0 unspecified atom stereocenters. The van der Waals surface area contributed by atoms with Gasteiger partial charge in [-0.15, -0.1) is 11.3 Å². The van der Waals surface area contributed by atoms with Crippen LogP contribution in [0.25, 0.3) is 0 Å². The maximum absolute atomic E-state index is 12.5. The smallest absolute Gasteiger partial charge is 0.348 e. The number of aromatic nitrogens is 2. The molecular weight excluding hydrogens is 412 g/mol. The molecule has 2 aromatic heterocycles. The minimum absolute atomic E-state index is 0.227. The quantitative estimate of drug-likeness (QED) is 0.503. The van der Waals surface area contributed by atoms with Gasteiger partial charge in [0.05, 0.1) is 24.5 Å². The molecule has 0 aromatic carbocycles. The Labute approximate surface area is 179 Å². The summed E-state index contributed by atoms with van der Waals surface area (Å²) in [7, 11) is 1.89. The van der Waals surface area contributed by atoms with Gasteiger partial charge in [-0.05, 0) is 52.4 Å². The van der Waals surface area contributed by atoms with E-state index in [0.29, 0.717) is 27.1 Å². The van der Waals surface area contributed by atoms with E-state index in [1.165, 1.54) is 0 Å². The van der Waals surface area contributed by atoms with E-state index in [1.54, 1.807) is 20.8 Å². The zero-order chi connectivity index (χ0) is 21.7. The first-order chi connectivity index (χ1) is 13.7. The highest BCUT2D eigenvalue weighted by Gasteiger charge is 2.26. The largest absolute Gasteiger partial charge is 0.462 e. The molecule has 8 nitrogen and oxygen atoms in total. The van der Waals surface area contributed by atoms with Crippen molar-refractivity contribution < 1.29 is 19.1 Å². The summed E-state index contributed by atoms with van der Waals surface area (Å²) >= 11 is 6.52. The number of thiocarbonyl (C=S) groups is 1. The second-order valence-corrected chi connectivity index (χ2v) is 7.71. The van der Waals surface area contributed by atoms with E-state index in [-0.39, 0.29) is 18.8 Å². The molecular formula is C19H26N4O4S2. The van der Waals surface area contributed by atoms with Gasteiger partial charge in [0.15, 0.2) is 5.11 Å². The third-order valence-corrected chi connectivity index (χ3v) is 5.83. The first kappa shape index (κ1) is 22.8. The first-order valence-corrected chi connectivity index (χ1v) is 10.4. The molecule has 0 bridgehead atoms. The molecule has 0 amide bonds. The van der Waals surface area contributed by atoms with Crippen molar-refractivity contribution in [2.75, 3.05) is 18.5 Å². The number of carbonyl (C=O) groups is 2. The van der Waals surface area contributed by atoms with Crippen LogP contribution < -0.4 is 10.6 Å². The van der Waals surface area contributed by atoms with Gasteiger partial charge in [-0.25, -0.2) is 9.59 Å². The Morgan fingerprint density at radius 1 is 1.14 bits per heavy atom. The number of thiophene rings is 1. The van der Waals surface area contributed by atoms with Crippen LogP contribution in [0.2, 0.25) is 0 Å². The summed E-state index contributed by atoms with van der Waals surface area (Å²) in [5.74, 6) is -0.991. The number of rotatable bonds is 7. The Bertz CT molecular complexity index is 933. The van der Waals surface area contributed by atoms with Crippen LogP contribution in [0.3, 0.4) is 0 Å². The zero-order valence-electron chi connectivity index (χ0n) is 17.5. The second-order valence-electron chi connectivity index (χ2n) is 6.28. The summed E-state index contributed by atoms with van der Waals surface area (Å²) in [5, 5.41) is 11.3. The van der Waals surface area contributed by atoms with Gasteiger partial charge in [0, 0.05) is 24.8 Å². The van der Waals surface area contributed by atoms with Crippen molar-refractivity contribution in [2.24, 2.45) is 7.05 Å². The number of nitrogens with one attached hydrogen (secondary N) is 2. The van der Waals surface area contributed by atoms with E-state index in [9.17, 15) is 9.59 Å². The Morgan fingerprint density at radius 2 is 1.76 bits per heavy atom. The van der Waals surface area contributed by atoms with Crippen molar-refractivity contribution in [2.45, 2.75) is 41.2 Å². The minimum atomic E-state index is -0.513. The molecule has 29 heavy (non-hydrogen) atoms. The predicted octanol–water partition coefficient (Wildman–Crippen LogP) is 3.25. The molecule has 0 saturated heterocycles. The Morgan fingerprint density at radius 3 is 2.31 bits per heavy atom. The molecule has 2 aromatic rings. The third kappa shape index (κ3) is 5.13. The Kier molecular flexibility index (Phi) is 7.74. The lowest BCUT2D eigenvalue weighted by Gasteiger charge is -2.11. The predicted molar refractivity (Wildman–Crippen MR) is 117 cm³/mol. The molecule has 0 aliphatic carbocycles. The van der Waals surface area contributed by atoms with E-state index in [0.717, 1.165) is 28.3 Å². The van der Waals surface area contributed by atoms with Gasteiger partial charge in [-0.2, -0.15) is 5.10 Å². The highest BCUT2D eigenvalue weighted by atomic mass is 32.1. The first-order valence-electron chi connectivity index (χ1n) is 9.22. The van der Waals surface area contributed by atoms with Crippen LogP contribution >= 0.6 is 23.6 Å². The normalized spacial score (nSPS) is 10.6. The fourth-order valence-electron chi connectivity index (χ4n) is 2.83. The number of nitrogens with zero attached hydrogens (tertiary/aromatic N) is 2.